The van der Waals surface area contributed by atoms with E-state index in [1.165, 1.54) is 5.56 Å². The lowest BCUT2D eigenvalue weighted by atomic mass is 10.1. The van der Waals surface area contributed by atoms with Crippen molar-refractivity contribution in [2.75, 3.05) is 13.7 Å². The molecule has 0 aliphatic rings. The highest BCUT2D eigenvalue weighted by Crippen LogP contribution is 2.18. The standard InChI is InChI=1S/C22H23NO4S/c1-26-18-9-12-20(13-10-18)28(25)16-19-11-14-21(27-19)22(24)23-15-5-8-17-6-3-2-4-7-17/h2-4,6-7,9-14H,5,8,15-16H2,1H3,(H,23,24). The number of nitrogens with one attached hydrogen (secondary N) is 1. The Labute approximate surface area is 167 Å². The van der Waals surface area contributed by atoms with Crippen LogP contribution in [0.2, 0.25) is 0 Å². The Hall–Kier alpha value is -2.86. The molecule has 0 radical (unpaired) electrons. The van der Waals surface area contributed by atoms with Gasteiger partial charge in [-0.25, -0.2) is 0 Å². The molecule has 1 unspecified atom stereocenters. The monoisotopic (exact) mass is 397 g/mol. The molecule has 146 valence electrons. The van der Waals surface area contributed by atoms with Crippen LogP contribution in [0.5, 0.6) is 5.75 Å². The molecule has 1 N–H and O–H groups in total. The van der Waals surface area contributed by atoms with Gasteiger partial charge in [0.1, 0.15) is 11.5 Å². The lowest BCUT2D eigenvalue weighted by Crippen LogP contribution is -2.24. The second-order valence-electron chi connectivity index (χ2n) is 6.28. The third-order valence-electron chi connectivity index (χ3n) is 4.25. The smallest absolute Gasteiger partial charge is 0.286 e. The molecule has 0 spiro atoms. The summed E-state index contributed by atoms with van der Waals surface area (Å²) in [6.07, 6.45) is 1.76. The van der Waals surface area contributed by atoms with Gasteiger partial charge in [-0.15, -0.1) is 0 Å². The van der Waals surface area contributed by atoms with Crippen molar-refractivity contribution in [3.05, 3.63) is 83.8 Å². The third-order valence-corrected chi connectivity index (χ3v) is 5.60. The van der Waals surface area contributed by atoms with E-state index in [1.807, 2.05) is 18.2 Å². The van der Waals surface area contributed by atoms with Crippen LogP contribution >= 0.6 is 0 Å². The van der Waals surface area contributed by atoms with E-state index >= 15 is 0 Å². The Morgan fingerprint density at radius 3 is 2.50 bits per heavy atom. The molecule has 0 aliphatic heterocycles. The first-order valence-electron chi connectivity index (χ1n) is 9.09. The number of amides is 1. The minimum atomic E-state index is -1.25. The fourth-order valence-electron chi connectivity index (χ4n) is 2.74. The van der Waals surface area contributed by atoms with Crippen molar-refractivity contribution in [3.8, 4) is 5.75 Å². The molecule has 1 heterocycles. The summed E-state index contributed by atoms with van der Waals surface area (Å²) in [5, 5.41) is 2.86. The summed E-state index contributed by atoms with van der Waals surface area (Å²) in [6.45, 7) is 0.571. The number of carbonyl (C=O) groups excluding carboxylic acids is 1. The fourth-order valence-corrected chi connectivity index (χ4v) is 3.76. The van der Waals surface area contributed by atoms with E-state index in [0.29, 0.717) is 22.9 Å². The molecular weight excluding hydrogens is 374 g/mol. The summed E-state index contributed by atoms with van der Waals surface area (Å²) in [4.78, 5) is 12.9. The van der Waals surface area contributed by atoms with Gasteiger partial charge in [0.25, 0.3) is 5.91 Å². The van der Waals surface area contributed by atoms with Crippen LogP contribution in [0.15, 0.2) is 76.0 Å². The minimum absolute atomic E-state index is 0.216. The van der Waals surface area contributed by atoms with Crippen molar-refractivity contribution >= 4 is 16.7 Å². The molecule has 0 bridgehead atoms. The molecule has 0 aliphatic carbocycles. The highest BCUT2D eigenvalue weighted by atomic mass is 32.2. The Kier molecular flexibility index (Phi) is 7.03. The van der Waals surface area contributed by atoms with E-state index in [4.69, 9.17) is 9.15 Å². The molecular formula is C22H23NO4S. The molecule has 3 rings (SSSR count). The normalized spacial score (nSPS) is 11.8. The zero-order chi connectivity index (χ0) is 19.8. The summed E-state index contributed by atoms with van der Waals surface area (Å²) < 4.78 is 23.1. The van der Waals surface area contributed by atoms with Crippen LogP contribution in [0.3, 0.4) is 0 Å². The molecule has 0 saturated heterocycles. The molecule has 2 aromatic carbocycles. The van der Waals surface area contributed by atoms with E-state index in [9.17, 15) is 9.00 Å². The maximum absolute atomic E-state index is 12.4. The molecule has 1 atom stereocenters. The summed E-state index contributed by atoms with van der Waals surface area (Å²) in [6, 6.07) is 20.5. The summed E-state index contributed by atoms with van der Waals surface area (Å²) in [5.74, 6) is 1.43. The van der Waals surface area contributed by atoms with E-state index < -0.39 is 10.8 Å². The molecule has 0 saturated carbocycles. The zero-order valence-corrected chi connectivity index (χ0v) is 16.5. The first-order chi connectivity index (χ1) is 13.7. The SMILES string of the molecule is COc1ccc(S(=O)Cc2ccc(C(=O)NCCCc3ccccc3)o2)cc1. The molecule has 0 fully saturated rings. The van der Waals surface area contributed by atoms with Crippen molar-refractivity contribution in [3.63, 3.8) is 0 Å². The second kappa shape index (κ2) is 9.90. The summed E-state index contributed by atoms with van der Waals surface area (Å²) in [5.41, 5.74) is 1.25. The van der Waals surface area contributed by atoms with Crippen LogP contribution in [0, 0.1) is 0 Å². The summed E-state index contributed by atoms with van der Waals surface area (Å²) >= 11 is 0. The molecule has 28 heavy (non-hydrogen) atoms. The van der Waals surface area contributed by atoms with Crippen LogP contribution < -0.4 is 10.1 Å². The maximum Gasteiger partial charge on any atom is 0.286 e. The first kappa shape index (κ1) is 19.9. The number of aryl methyl sites for hydroxylation is 1. The van der Waals surface area contributed by atoms with Crippen molar-refractivity contribution in [2.45, 2.75) is 23.5 Å². The predicted molar refractivity (Wildman–Crippen MR) is 109 cm³/mol. The van der Waals surface area contributed by atoms with Gasteiger partial charge in [0.2, 0.25) is 0 Å². The van der Waals surface area contributed by atoms with Crippen molar-refractivity contribution in [2.24, 2.45) is 0 Å². The number of hydrogen-bond donors (Lipinski definition) is 1. The lowest BCUT2D eigenvalue weighted by Gasteiger charge is -2.04. The average molecular weight is 397 g/mol. The average Bonchev–Trinajstić information content (AvgIpc) is 3.20. The van der Waals surface area contributed by atoms with Crippen molar-refractivity contribution < 1.29 is 18.2 Å². The van der Waals surface area contributed by atoms with Gasteiger partial charge >= 0.3 is 0 Å². The number of ether oxygens (including phenoxy) is 1. The van der Waals surface area contributed by atoms with Crippen LogP contribution in [0.4, 0.5) is 0 Å². The van der Waals surface area contributed by atoms with Gasteiger partial charge in [0.15, 0.2) is 5.76 Å². The molecule has 5 nitrogen and oxygen atoms in total. The quantitative estimate of drug-likeness (QED) is 0.555. The van der Waals surface area contributed by atoms with Crippen LogP contribution in [-0.2, 0) is 23.0 Å². The largest absolute Gasteiger partial charge is 0.497 e. The first-order valence-corrected chi connectivity index (χ1v) is 10.4. The predicted octanol–water partition coefficient (Wildman–Crippen LogP) is 3.96. The van der Waals surface area contributed by atoms with Crippen molar-refractivity contribution in [1.82, 2.24) is 5.32 Å². The van der Waals surface area contributed by atoms with Gasteiger partial charge in [0.05, 0.1) is 23.7 Å². The molecule has 3 aromatic rings. The van der Waals surface area contributed by atoms with Gasteiger partial charge in [-0.2, -0.15) is 0 Å². The van der Waals surface area contributed by atoms with E-state index in [1.54, 1.807) is 43.5 Å². The number of hydrogen-bond acceptors (Lipinski definition) is 4. The maximum atomic E-state index is 12.4. The Balaban J connectivity index is 1.47. The fraction of sp³-hybridized carbons (Fsp3) is 0.227. The number of rotatable bonds is 9. The Morgan fingerprint density at radius 1 is 1.04 bits per heavy atom. The second-order valence-corrected chi connectivity index (χ2v) is 7.73. The molecule has 1 aromatic heterocycles. The van der Waals surface area contributed by atoms with E-state index in [0.717, 1.165) is 12.8 Å². The number of benzene rings is 2. The zero-order valence-electron chi connectivity index (χ0n) is 15.7. The minimum Gasteiger partial charge on any atom is -0.497 e. The number of methoxy groups -OCH3 is 1. The molecule has 6 heteroatoms. The Bertz CT molecular complexity index is 919. The van der Waals surface area contributed by atoms with E-state index in [-0.39, 0.29) is 17.4 Å². The van der Waals surface area contributed by atoms with E-state index in [2.05, 4.69) is 17.4 Å². The Morgan fingerprint density at radius 2 is 1.79 bits per heavy atom. The van der Waals surface area contributed by atoms with Gasteiger partial charge in [-0.3, -0.25) is 9.00 Å². The third kappa shape index (κ3) is 5.57. The lowest BCUT2D eigenvalue weighted by molar-refractivity contribution is 0.0924. The van der Waals surface area contributed by atoms with Gasteiger partial charge in [-0.1, -0.05) is 30.3 Å². The van der Waals surface area contributed by atoms with Crippen LogP contribution in [-0.4, -0.2) is 23.8 Å². The van der Waals surface area contributed by atoms with Crippen molar-refractivity contribution in [1.29, 1.82) is 0 Å². The van der Waals surface area contributed by atoms with Gasteiger partial charge < -0.3 is 14.5 Å². The molecule has 1 amide bonds. The highest BCUT2D eigenvalue weighted by molar-refractivity contribution is 7.84. The topological polar surface area (TPSA) is 68.5 Å². The van der Waals surface area contributed by atoms with Crippen LogP contribution in [0.1, 0.15) is 28.3 Å². The van der Waals surface area contributed by atoms with Gasteiger partial charge in [-0.05, 0) is 54.8 Å². The van der Waals surface area contributed by atoms with Gasteiger partial charge in [0, 0.05) is 11.4 Å². The number of carbonyl (C=O) groups is 1. The highest BCUT2D eigenvalue weighted by Gasteiger charge is 2.13. The van der Waals surface area contributed by atoms with Crippen LogP contribution in [0.25, 0.3) is 0 Å². The summed E-state index contributed by atoms with van der Waals surface area (Å²) in [7, 11) is 0.333. The number of furan rings is 1.